The van der Waals surface area contributed by atoms with Crippen molar-refractivity contribution in [2.24, 2.45) is 0 Å². The molecule has 3 heterocycles. The predicted octanol–water partition coefficient (Wildman–Crippen LogP) is 4.30. The minimum absolute atomic E-state index is 0.0268. The summed E-state index contributed by atoms with van der Waals surface area (Å²) in [4.78, 5) is 17.4. The van der Waals surface area contributed by atoms with Crippen molar-refractivity contribution in [3.8, 4) is 23.2 Å². The summed E-state index contributed by atoms with van der Waals surface area (Å²) in [7, 11) is 0. The van der Waals surface area contributed by atoms with E-state index in [4.69, 9.17) is 4.74 Å². The Hall–Kier alpha value is -3.45. The fourth-order valence-corrected chi connectivity index (χ4v) is 4.88. The molecular weight excluding hydrogens is 430 g/mol. The van der Waals surface area contributed by atoms with Gasteiger partial charge in [-0.2, -0.15) is 0 Å². The summed E-state index contributed by atoms with van der Waals surface area (Å²) in [5.74, 6) is 0.700. The summed E-state index contributed by atoms with van der Waals surface area (Å²) in [5, 5.41) is 20.0. The lowest BCUT2D eigenvalue weighted by Crippen LogP contribution is -2.31. The number of rotatable bonds is 7. The van der Waals surface area contributed by atoms with Crippen molar-refractivity contribution in [2.45, 2.75) is 38.8 Å². The molecule has 7 heteroatoms. The lowest BCUT2D eigenvalue weighted by molar-refractivity contribution is 0.0751. The molecule has 2 N–H and O–H groups in total. The van der Waals surface area contributed by atoms with E-state index in [1.165, 1.54) is 49.1 Å². The van der Waals surface area contributed by atoms with Gasteiger partial charge in [-0.1, -0.05) is 12.5 Å². The fourth-order valence-electron chi connectivity index (χ4n) is 4.88. The van der Waals surface area contributed by atoms with Crippen LogP contribution in [-0.4, -0.2) is 56.7 Å². The van der Waals surface area contributed by atoms with Gasteiger partial charge in [-0.15, -0.1) is 0 Å². The number of aromatic hydroxyl groups is 2. The summed E-state index contributed by atoms with van der Waals surface area (Å²) in [6.07, 6.45) is 4.97. The number of nitrogens with zero attached hydrogens (tertiary/aromatic N) is 3. The van der Waals surface area contributed by atoms with Crippen molar-refractivity contribution < 1.29 is 19.7 Å². The van der Waals surface area contributed by atoms with Crippen molar-refractivity contribution in [3.63, 3.8) is 0 Å². The molecule has 1 fully saturated rings. The molecule has 0 aliphatic carbocycles. The maximum absolute atomic E-state index is 13.1. The van der Waals surface area contributed by atoms with E-state index in [-0.39, 0.29) is 17.7 Å². The molecule has 0 spiro atoms. The van der Waals surface area contributed by atoms with Crippen molar-refractivity contribution in [1.82, 2.24) is 14.4 Å². The van der Waals surface area contributed by atoms with Crippen LogP contribution in [0.5, 0.6) is 17.5 Å². The third-order valence-electron chi connectivity index (χ3n) is 6.73. The third-order valence-corrected chi connectivity index (χ3v) is 6.73. The zero-order chi connectivity index (χ0) is 23.5. The molecule has 1 aromatic heterocycles. The maximum Gasteiger partial charge on any atom is 0.254 e. The number of hydrogen-bond donors (Lipinski definition) is 2. The molecule has 34 heavy (non-hydrogen) atoms. The zero-order valence-electron chi connectivity index (χ0n) is 19.3. The molecule has 7 nitrogen and oxygen atoms in total. The monoisotopic (exact) mass is 461 g/mol. The van der Waals surface area contributed by atoms with E-state index in [2.05, 4.69) is 4.90 Å². The Labute approximate surface area is 199 Å². The largest absolute Gasteiger partial charge is 0.494 e. The van der Waals surface area contributed by atoms with Gasteiger partial charge < -0.3 is 24.7 Å². The summed E-state index contributed by atoms with van der Waals surface area (Å²) in [6.45, 7) is 5.19. The fraction of sp³-hybridized carbons (Fsp3) is 0.370. The number of fused-ring (bicyclic) bond motifs is 1. The maximum atomic E-state index is 13.1. The second-order valence-corrected chi connectivity index (χ2v) is 9.13. The molecule has 0 radical (unpaired) electrons. The van der Waals surface area contributed by atoms with Gasteiger partial charge in [-0.05, 0) is 79.9 Å². The number of carbonyl (C=O) groups excluding carboxylic acids is 1. The van der Waals surface area contributed by atoms with E-state index >= 15 is 0 Å². The van der Waals surface area contributed by atoms with Crippen LogP contribution in [0, 0.1) is 0 Å². The molecule has 2 aromatic carbocycles. The van der Waals surface area contributed by atoms with E-state index in [0.717, 1.165) is 29.8 Å². The molecule has 0 saturated carbocycles. The van der Waals surface area contributed by atoms with E-state index in [1.54, 1.807) is 4.90 Å². The van der Waals surface area contributed by atoms with E-state index in [9.17, 15) is 15.0 Å². The van der Waals surface area contributed by atoms with Crippen LogP contribution in [0.1, 0.15) is 47.2 Å². The average molecular weight is 462 g/mol. The van der Waals surface area contributed by atoms with Crippen LogP contribution in [0.15, 0.2) is 54.6 Å². The van der Waals surface area contributed by atoms with Crippen LogP contribution < -0.4 is 4.74 Å². The number of carbonyl (C=O) groups is 1. The molecule has 178 valence electrons. The molecular formula is C27H31N3O4. The normalized spacial score (nSPS) is 15.9. The van der Waals surface area contributed by atoms with Crippen molar-refractivity contribution >= 4 is 5.91 Å². The smallest absolute Gasteiger partial charge is 0.254 e. The number of ether oxygens (including phenoxy) is 1. The third kappa shape index (κ3) is 4.75. The molecule has 1 amide bonds. The first-order valence-electron chi connectivity index (χ1n) is 12.0. The Morgan fingerprint density at radius 1 is 0.853 bits per heavy atom. The summed E-state index contributed by atoms with van der Waals surface area (Å²) in [6, 6.07) is 16.0. The van der Waals surface area contributed by atoms with Gasteiger partial charge in [0.05, 0.1) is 12.3 Å². The lowest BCUT2D eigenvalue weighted by Gasteiger charge is -2.26. The average Bonchev–Trinajstić information content (AvgIpc) is 3.44. The minimum atomic E-state index is -0.0304. The Morgan fingerprint density at radius 3 is 2.29 bits per heavy atom. The predicted molar refractivity (Wildman–Crippen MR) is 130 cm³/mol. The second-order valence-electron chi connectivity index (χ2n) is 9.13. The molecule has 5 rings (SSSR count). The SMILES string of the molecule is O=C(c1ccc(OCCCN2CCCCC2)cc1)N1Cc2ccc(-n3c(O)ccc3O)cc2C1. The van der Waals surface area contributed by atoms with E-state index in [0.29, 0.717) is 30.9 Å². The van der Waals surface area contributed by atoms with Crippen molar-refractivity contribution in [1.29, 1.82) is 0 Å². The van der Waals surface area contributed by atoms with Crippen LogP contribution >= 0.6 is 0 Å². The standard InChI is InChI=1S/C27H31N3O4/c31-25-11-12-26(32)30(25)23-8-5-21-18-29(19-22(21)17-23)27(33)20-6-9-24(10-7-20)34-16-4-15-28-13-2-1-3-14-28/h5-12,17,31-32H,1-4,13-16,18-19H2. The van der Waals surface area contributed by atoms with E-state index < -0.39 is 0 Å². The molecule has 2 aliphatic rings. The van der Waals surface area contributed by atoms with Crippen LogP contribution in [-0.2, 0) is 13.1 Å². The molecule has 2 aliphatic heterocycles. The number of piperidine rings is 1. The van der Waals surface area contributed by atoms with Crippen LogP contribution in [0.4, 0.5) is 0 Å². The summed E-state index contributed by atoms with van der Waals surface area (Å²) in [5.41, 5.74) is 3.37. The van der Waals surface area contributed by atoms with Gasteiger partial charge >= 0.3 is 0 Å². The van der Waals surface area contributed by atoms with Gasteiger partial charge in [0, 0.05) is 37.3 Å². The Bertz CT molecular complexity index is 1130. The zero-order valence-corrected chi connectivity index (χ0v) is 19.3. The number of hydrogen-bond acceptors (Lipinski definition) is 5. The van der Waals surface area contributed by atoms with Gasteiger partial charge in [-0.25, -0.2) is 0 Å². The van der Waals surface area contributed by atoms with Crippen LogP contribution in [0.25, 0.3) is 5.69 Å². The number of amides is 1. The Morgan fingerprint density at radius 2 is 1.56 bits per heavy atom. The van der Waals surface area contributed by atoms with Crippen molar-refractivity contribution in [2.75, 3.05) is 26.2 Å². The summed E-state index contributed by atoms with van der Waals surface area (Å²) < 4.78 is 7.25. The quantitative estimate of drug-likeness (QED) is 0.513. The molecule has 0 atom stereocenters. The molecule has 1 saturated heterocycles. The number of benzene rings is 2. The first-order valence-corrected chi connectivity index (χ1v) is 12.0. The number of likely N-dealkylation sites (tertiary alicyclic amines) is 1. The van der Waals surface area contributed by atoms with E-state index in [1.807, 2.05) is 42.5 Å². The van der Waals surface area contributed by atoms with Crippen LogP contribution in [0.3, 0.4) is 0 Å². The molecule has 0 unspecified atom stereocenters. The highest BCUT2D eigenvalue weighted by Gasteiger charge is 2.25. The highest BCUT2D eigenvalue weighted by Crippen LogP contribution is 2.31. The van der Waals surface area contributed by atoms with Gasteiger partial charge in [0.15, 0.2) is 11.8 Å². The van der Waals surface area contributed by atoms with Gasteiger partial charge in [0.1, 0.15) is 5.75 Å². The lowest BCUT2D eigenvalue weighted by atomic mass is 10.1. The first kappa shape index (κ1) is 22.3. The summed E-state index contributed by atoms with van der Waals surface area (Å²) >= 11 is 0. The minimum Gasteiger partial charge on any atom is -0.494 e. The highest BCUT2D eigenvalue weighted by atomic mass is 16.5. The van der Waals surface area contributed by atoms with Gasteiger partial charge in [0.25, 0.3) is 5.91 Å². The van der Waals surface area contributed by atoms with Crippen molar-refractivity contribution in [3.05, 3.63) is 71.3 Å². The molecule has 0 bridgehead atoms. The Kier molecular flexibility index (Phi) is 6.45. The van der Waals surface area contributed by atoms with Gasteiger partial charge in [0.2, 0.25) is 0 Å². The Balaban J connectivity index is 1.16. The highest BCUT2D eigenvalue weighted by molar-refractivity contribution is 5.94. The second kappa shape index (κ2) is 9.81. The van der Waals surface area contributed by atoms with Crippen LogP contribution in [0.2, 0.25) is 0 Å². The molecule has 3 aromatic rings. The van der Waals surface area contributed by atoms with Gasteiger partial charge in [-0.3, -0.25) is 9.36 Å². The topological polar surface area (TPSA) is 78.2 Å². The number of aromatic nitrogens is 1. The first-order chi connectivity index (χ1) is 16.6.